The molecule has 0 saturated heterocycles. The number of nitrogens with one attached hydrogen (secondary N) is 1. The monoisotopic (exact) mass is 309 g/mol. The fourth-order valence-electron chi connectivity index (χ4n) is 1.98. The lowest BCUT2D eigenvalue weighted by Gasteiger charge is -2.15. The second-order valence-electron chi connectivity index (χ2n) is 4.70. The molecule has 1 N–H and O–H groups in total. The fourth-order valence-corrected chi connectivity index (χ4v) is 1.98. The molecule has 6 heteroatoms. The molecule has 2 aromatic rings. The van der Waals surface area contributed by atoms with Crippen LogP contribution in [0.5, 0.6) is 0 Å². The van der Waals surface area contributed by atoms with Gasteiger partial charge >= 0.3 is 12.3 Å². The largest absolute Gasteiger partial charge is 0.445 e. The van der Waals surface area contributed by atoms with Gasteiger partial charge in [-0.3, -0.25) is 4.79 Å². The second kappa shape index (κ2) is 8.26. The molecule has 2 aromatic carbocycles. The molecule has 0 aromatic heterocycles. The number of carbonyl (C=O) groups is 2. The number of hydrogen-bond acceptors (Lipinski definition) is 3. The molecule has 6 nitrogen and oxygen atoms in total. The maximum atomic E-state index is 12.0. The summed E-state index contributed by atoms with van der Waals surface area (Å²) in [7, 11) is 0. The number of nitrogens with zero attached hydrogens (tertiary/aromatic N) is 2. The van der Waals surface area contributed by atoms with Gasteiger partial charge in [-0.15, -0.1) is 0 Å². The average Bonchev–Trinajstić information content (AvgIpc) is 2.59. The van der Waals surface area contributed by atoms with E-state index < -0.39 is 17.9 Å². The molecular weight excluding hydrogens is 294 g/mol. The predicted molar refractivity (Wildman–Crippen MR) is 83.6 cm³/mol. The quantitative estimate of drug-likeness (QED) is 0.505. The van der Waals surface area contributed by atoms with E-state index in [1.165, 1.54) is 0 Å². The van der Waals surface area contributed by atoms with Crippen LogP contribution >= 0.6 is 0 Å². The van der Waals surface area contributed by atoms with Crippen LogP contribution in [0.3, 0.4) is 0 Å². The summed E-state index contributed by atoms with van der Waals surface area (Å²) in [5.74, 6) is -0.560. The third-order valence-corrected chi connectivity index (χ3v) is 3.08. The van der Waals surface area contributed by atoms with Crippen LogP contribution in [0.2, 0.25) is 0 Å². The third kappa shape index (κ3) is 4.91. The molecule has 0 aliphatic rings. The van der Waals surface area contributed by atoms with E-state index in [0.717, 1.165) is 11.8 Å². The zero-order valence-corrected chi connectivity index (χ0v) is 12.3. The first-order valence-corrected chi connectivity index (χ1v) is 6.94. The van der Waals surface area contributed by atoms with E-state index >= 15 is 0 Å². The van der Waals surface area contributed by atoms with E-state index in [4.69, 9.17) is 10.3 Å². The smallest absolute Gasteiger partial charge is 0.408 e. The fraction of sp³-hybridized carbons (Fsp3) is 0.118. The molecule has 0 heterocycles. The Balaban J connectivity index is 2.04. The molecule has 0 radical (unpaired) electrons. The van der Waals surface area contributed by atoms with Gasteiger partial charge in [0.1, 0.15) is 12.6 Å². The van der Waals surface area contributed by atoms with Crippen LogP contribution in [0, 0.1) is 0 Å². The number of hydrogen-bond donors (Lipinski definition) is 1. The first-order valence-electron chi connectivity index (χ1n) is 6.94. The van der Waals surface area contributed by atoms with Crippen LogP contribution in [0.4, 0.5) is 4.79 Å². The van der Waals surface area contributed by atoms with Gasteiger partial charge in [0, 0.05) is 0 Å². The van der Waals surface area contributed by atoms with Gasteiger partial charge in [0.05, 0.1) is 0 Å². The van der Waals surface area contributed by atoms with Crippen LogP contribution in [-0.4, -0.2) is 22.9 Å². The predicted octanol–water partition coefficient (Wildman–Crippen LogP) is 2.52. The van der Waals surface area contributed by atoms with Crippen molar-refractivity contribution in [3.05, 3.63) is 77.3 Å². The van der Waals surface area contributed by atoms with E-state index in [9.17, 15) is 9.59 Å². The normalized spacial score (nSPS) is 11.0. The Bertz CT molecular complexity index is 710. The Morgan fingerprint density at radius 1 is 1.09 bits per heavy atom. The molecule has 0 aliphatic heterocycles. The van der Waals surface area contributed by atoms with Gasteiger partial charge in [-0.1, -0.05) is 60.7 Å². The van der Waals surface area contributed by atoms with Gasteiger partial charge in [-0.25, -0.2) is 4.79 Å². The average molecular weight is 309 g/mol. The molecule has 2 rings (SSSR count). The number of carbonyl (C=O) groups excluding carboxylic acids is 2. The van der Waals surface area contributed by atoms with Gasteiger partial charge in [0.25, 0.3) is 5.78 Å². The highest BCUT2D eigenvalue weighted by Gasteiger charge is 2.24. The van der Waals surface area contributed by atoms with Crippen molar-refractivity contribution in [1.82, 2.24) is 5.32 Å². The van der Waals surface area contributed by atoms with E-state index in [2.05, 4.69) is 10.1 Å². The number of ketones is 1. The molecular formula is C17H15N3O3. The molecule has 0 unspecified atom stereocenters. The van der Waals surface area contributed by atoms with Gasteiger partial charge < -0.3 is 15.6 Å². The Morgan fingerprint density at radius 2 is 1.70 bits per heavy atom. The molecule has 0 spiro atoms. The maximum Gasteiger partial charge on any atom is 0.408 e. The molecule has 0 bridgehead atoms. The molecule has 0 saturated carbocycles. The first kappa shape index (κ1) is 16.1. The van der Waals surface area contributed by atoms with Crippen LogP contribution < -0.4 is 5.32 Å². The van der Waals surface area contributed by atoms with Gasteiger partial charge in [-0.2, -0.15) is 4.79 Å². The summed E-state index contributed by atoms with van der Waals surface area (Å²) in [6.45, 7) is 0.0937. The molecule has 116 valence electrons. The molecule has 1 atom stereocenters. The maximum absolute atomic E-state index is 12.0. The van der Waals surface area contributed by atoms with Crippen LogP contribution in [0.25, 0.3) is 5.53 Å². The molecule has 0 aliphatic carbocycles. The highest BCUT2D eigenvalue weighted by atomic mass is 16.5. The summed E-state index contributed by atoms with van der Waals surface area (Å²) in [5, 5.41) is 2.48. The van der Waals surface area contributed by atoms with Crippen molar-refractivity contribution >= 4 is 18.1 Å². The van der Waals surface area contributed by atoms with E-state index in [1.807, 2.05) is 30.3 Å². The lowest BCUT2D eigenvalue weighted by molar-refractivity contribution is -0.118. The second-order valence-corrected chi connectivity index (χ2v) is 4.70. The summed E-state index contributed by atoms with van der Waals surface area (Å²) >= 11 is 0. The van der Waals surface area contributed by atoms with Crippen LogP contribution in [0.15, 0.2) is 60.7 Å². The van der Waals surface area contributed by atoms with E-state index in [-0.39, 0.29) is 6.61 Å². The summed E-state index contributed by atoms with van der Waals surface area (Å²) < 4.78 is 5.10. The number of amides is 1. The van der Waals surface area contributed by atoms with E-state index in [0.29, 0.717) is 5.56 Å². The van der Waals surface area contributed by atoms with Gasteiger partial charge in [0.2, 0.25) is 0 Å². The third-order valence-electron chi connectivity index (χ3n) is 3.08. The van der Waals surface area contributed by atoms with Gasteiger partial charge in [-0.05, 0) is 11.1 Å². The number of benzene rings is 2. The minimum Gasteiger partial charge on any atom is -0.445 e. The van der Waals surface area contributed by atoms with Crippen molar-refractivity contribution in [2.24, 2.45) is 0 Å². The Labute approximate surface area is 133 Å². The Morgan fingerprint density at radius 3 is 2.30 bits per heavy atom. The van der Waals surface area contributed by atoms with E-state index in [1.54, 1.807) is 30.3 Å². The zero-order valence-electron chi connectivity index (χ0n) is 12.3. The Kier molecular flexibility index (Phi) is 5.80. The lowest BCUT2D eigenvalue weighted by Crippen LogP contribution is -2.34. The highest BCUT2D eigenvalue weighted by molar-refractivity contribution is 6.28. The Hall–Kier alpha value is -3.24. The summed E-state index contributed by atoms with van der Waals surface area (Å²) in [6, 6.07) is 16.9. The van der Waals surface area contributed by atoms with Crippen molar-refractivity contribution in [2.45, 2.75) is 12.6 Å². The van der Waals surface area contributed by atoms with Crippen LogP contribution in [0.1, 0.15) is 17.2 Å². The highest BCUT2D eigenvalue weighted by Crippen LogP contribution is 2.13. The summed E-state index contributed by atoms with van der Waals surface area (Å²) in [6.07, 6.45) is 0.0113. The first-order chi connectivity index (χ1) is 11.2. The summed E-state index contributed by atoms with van der Waals surface area (Å²) in [5.41, 5.74) is 9.92. The number of alkyl carbamates (subject to hydrolysis) is 1. The number of Topliss-reactive ketones (excluding diaryl/α,β-unsaturated/α-hetero) is 1. The molecule has 0 fully saturated rings. The minimum atomic E-state index is -0.977. The molecule has 1 amide bonds. The zero-order chi connectivity index (χ0) is 16.5. The van der Waals surface area contributed by atoms with Crippen molar-refractivity contribution in [3.8, 4) is 0 Å². The van der Waals surface area contributed by atoms with Crippen molar-refractivity contribution in [2.75, 3.05) is 0 Å². The van der Waals surface area contributed by atoms with Gasteiger partial charge in [0.15, 0.2) is 0 Å². The number of ether oxygens (including phenoxy) is 1. The topological polar surface area (TPSA) is 91.8 Å². The van der Waals surface area contributed by atoms with Crippen molar-refractivity contribution in [1.29, 1.82) is 0 Å². The SMILES string of the molecule is [N-]=[N+]=CC(=O)[C@H](NC(=O)OCc1ccccc1)c1ccccc1. The summed E-state index contributed by atoms with van der Waals surface area (Å²) in [4.78, 5) is 26.6. The minimum absolute atomic E-state index is 0.0937. The number of rotatable bonds is 6. The van der Waals surface area contributed by atoms with Crippen LogP contribution in [-0.2, 0) is 16.1 Å². The standard InChI is InChI=1S/C17H15N3O3/c18-19-11-15(21)16(14-9-5-2-6-10-14)20-17(22)23-12-13-7-3-1-4-8-13/h1-11,16H,12H2,(H,20,22)/t16-/m1/s1. The molecule has 23 heavy (non-hydrogen) atoms. The van der Waals surface area contributed by atoms with Crippen molar-refractivity contribution < 1.29 is 19.1 Å². The lowest BCUT2D eigenvalue weighted by atomic mass is 10.0. The van der Waals surface area contributed by atoms with Crippen molar-refractivity contribution in [3.63, 3.8) is 0 Å².